The molecule has 0 spiro atoms. The van der Waals surface area contributed by atoms with Gasteiger partial charge in [-0.15, -0.1) is 0 Å². The number of carboxylic acid groups (broad SMARTS) is 2. The number of nitrogens with zero attached hydrogens (tertiary/aromatic N) is 1. The minimum Gasteiger partial charge on any atom is -0.481 e. The third kappa shape index (κ3) is 5.12. The molecule has 0 aliphatic rings. The van der Waals surface area contributed by atoms with Gasteiger partial charge in [-0.1, -0.05) is 0 Å². The average molecular weight is 309 g/mol. The number of hydrogen-bond donors (Lipinski definition) is 4. The maximum Gasteiger partial charge on any atom is 0.433 e. The Morgan fingerprint density at radius 3 is 2.48 bits per heavy atom. The average Bonchev–Trinajstić information content (AvgIpc) is 2.32. The van der Waals surface area contributed by atoms with Gasteiger partial charge in [-0.05, 0) is 6.42 Å². The number of hydrogen-bond acceptors (Lipinski definition) is 5. The van der Waals surface area contributed by atoms with Crippen molar-refractivity contribution in [1.82, 2.24) is 9.97 Å². The van der Waals surface area contributed by atoms with Gasteiger partial charge in [0.1, 0.15) is 6.04 Å². The summed E-state index contributed by atoms with van der Waals surface area (Å²) in [5.74, 6) is -3.46. The molecule has 0 aliphatic carbocycles. The van der Waals surface area contributed by atoms with Crippen molar-refractivity contribution in [1.29, 1.82) is 0 Å². The van der Waals surface area contributed by atoms with Gasteiger partial charge in [-0.2, -0.15) is 13.2 Å². The van der Waals surface area contributed by atoms with Gasteiger partial charge in [0.15, 0.2) is 5.69 Å². The number of aromatic amines is 1. The Balaban J connectivity index is 2.99. The standard InChI is InChI=1S/C10H10F3N3O5/c11-10(12,13)5-3-6(17)16-9(15-5)14-4(8(20)21)1-2-7(18)19/h3-4H,1-2H2,(H,18,19)(H,20,21)(H2,14,15,16,17). The second-order valence-corrected chi connectivity index (χ2v) is 3.94. The minimum absolute atomic E-state index is 0.220. The van der Waals surface area contributed by atoms with Crippen molar-refractivity contribution in [2.75, 3.05) is 5.32 Å². The predicted molar refractivity (Wildman–Crippen MR) is 61.8 cm³/mol. The molecule has 1 heterocycles. The van der Waals surface area contributed by atoms with E-state index in [1.54, 1.807) is 0 Å². The first kappa shape index (κ1) is 16.5. The number of H-pyrrole nitrogens is 1. The van der Waals surface area contributed by atoms with Crippen LogP contribution in [0.3, 0.4) is 0 Å². The summed E-state index contributed by atoms with van der Waals surface area (Å²) in [6.45, 7) is 0. The normalized spacial score (nSPS) is 12.7. The molecule has 0 saturated carbocycles. The van der Waals surface area contributed by atoms with Crippen LogP contribution in [0.4, 0.5) is 19.1 Å². The van der Waals surface area contributed by atoms with E-state index in [9.17, 15) is 27.6 Å². The predicted octanol–water partition coefficient (Wildman–Crippen LogP) is 0.519. The lowest BCUT2D eigenvalue weighted by molar-refractivity contribution is -0.141. The molecule has 0 aromatic carbocycles. The SMILES string of the molecule is O=C(O)CCC(Nc1nc(C(F)(F)F)cc(=O)[nH]1)C(=O)O. The van der Waals surface area contributed by atoms with Crippen LogP contribution >= 0.6 is 0 Å². The van der Waals surface area contributed by atoms with E-state index in [-0.39, 0.29) is 6.07 Å². The highest BCUT2D eigenvalue weighted by atomic mass is 19.4. The Morgan fingerprint density at radius 1 is 1.38 bits per heavy atom. The van der Waals surface area contributed by atoms with Crippen molar-refractivity contribution < 1.29 is 33.0 Å². The number of halogens is 3. The zero-order valence-electron chi connectivity index (χ0n) is 10.3. The van der Waals surface area contributed by atoms with Gasteiger partial charge in [-0.25, -0.2) is 9.78 Å². The first-order chi connectivity index (χ1) is 9.59. The number of nitrogens with one attached hydrogen (secondary N) is 2. The van der Waals surface area contributed by atoms with Crippen LogP contribution in [0.2, 0.25) is 0 Å². The number of carboxylic acids is 2. The fraction of sp³-hybridized carbons (Fsp3) is 0.400. The van der Waals surface area contributed by atoms with Crippen LogP contribution in [0.5, 0.6) is 0 Å². The monoisotopic (exact) mass is 309 g/mol. The molecule has 116 valence electrons. The highest BCUT2D eigenvalue weighted by molar-refractivity contribution is 5.77. The maximum atomic E-state index is 12.5. The number of rotatable bonds is 6. The van der Waals surface area contributed by atoms with Gasteiger partial charge < -0.3 is 15.5 Å². The Kier molecular flexibility index (Phi) is 4.89. The lowest BCUT2D eigenvalue weighted by Gasteiger charge is -2.14. The molecular formula is C10H10F3N3O5. The molecule has 11 heteroatoms. The zero-order chi connectivity index (χ0) is 16.2. The van der Waals surface area contributed by atoms with E-state index in [4.69, 9.17) is 10.2 Å². The first-order valence-corrected chi connectivity index (χ1v) is 5.49. The highest BCUT2D eigenvalue weighted by Gasteiger charge is 2.33. The summed E-state index contributed by atoms with van der Waals surface area (Å²) in [6.07, 6.45) is -5.79. The van der Waals surface area contributed by atoms with E-state index in [0.717, 1.165) is 0 Å². The van der Waals surface area contributed by atoms with Crippen LogP contribution in [-0.4, -0.2) is 38.2 Å². The summed E-state index contributed by atoms with van der Waals surface area (Å²) in [6, 6.07) is -1.29. The zero-order valence-corrected chi connectivity index (χ0v) is 10.3. The van der Waals surface area contributed by atoms with Gasteiger partial charge in [-0.3, -0.25) is 14.6 Å². The van der Waals surface area contributed by atoms with Crippen LogP contribution in [0.15, 0.2) is 10.9 Å². The molecule has 0 aliphatic heterocycles. The Labute approximate surface area is 114 Å². The summed E-state index contributed by atoms with van der Waals surface area (Å²) in [4.78, 5) is 37.3. The van der Waals surface area contributed by atoms with Crippen LogP contribution in [-0.2, 0) is 15.8 Å². The Morgan fingerprint density at radius 2 is 2.00 bits per heavy atom. The van der Waals surface area contributed by atoms with Crippen LogP contribution in [0.1, 0.15) is 18.5 Å². The van der Waals surface area contributed by atoms with Gasteiger partial charge in [0.05, 0.1) is 0 Å². The highest BCUT2D eigenvalue weighted by Crippen LogP contribution is 2.26. The molecule has 4 N–H and O–H groups in total. The summed E-state index contributed by atoms with van der Waals surface area (Å²) in [5, 5.41) is 19.4. The van der Waals surface area contributed by atoms with Gasteiger partial charge in [0.2, 0.25) is 5.95 Å². The quantitative estimate of drug-likeness (QED) is 0.602. The molecule has 0 amide bonds. The van der Waals surface area contributed by atoms with E-state index in [1.807, 2.05) is 4.98 Å². The molecule has 1 rings (SSSR count). The number of carbonyl (C=O) groups is 2. The third-order valence-electron chi connectivity index (χ3n) is 2.29. The second-order valence-electron chi connectivity index (χ2n) is 3.94. The van der Waals surface area contributed by atoms with Crippen molar-refractivity contribution in [2.45, 2.75) is 25.1 Å². The molecule has 21 heavy (non-hydrogen) atoms. The molecular weight excluding hydrogens is 299 g/mol. The summed E-state index contributed by atoms with van der Waals surface area (Å²) >= 11 is 0. The minimum atomic E-state index is -4.87. The largest absolute Gasteiger partial charge is 0.481 e. The van der Waals surface area contributed by atoms with Crippen molar-refractivity contribution >= 4 is 17.9 Å². The van der Waals surface area contributed by atoms with Gasteiger partial charge in [0, 0.05) is 12.5 Å². The Bertz CT molecular complexity index is 598. The van der Waals surface area contributed by atoms with Crippen molar-refractivity contribution in [3.63, 3.8) is 0 Å². The van der Waals surface area contributed by atoms with Crippen molar-refractivity contribution in [2.24, 2.45) is 0 Å². The van der Waals surface area contributed by atoms with Crippen molar-refractivity contribution in [3.8, 4) is 0 Å². The summed E-state index contributed by atoms with van der Waals surface area (Å²) < 4.78 is 37.4. The summed E-state index contributed by atoms with van der Waals surface area (Å²) in [5.41, 5.74) is -2.61. The molecule has 8 nitrogen and oxygen atoms in total. The van der Waals surface area contributed by atoms with Gasteiger partial charge >= 0.3 is 18.1 Å². The molecule has 1 aromatic heterocycles. The van der Waals surface area contributed by atoms with Crippen molar-refractivity contribution in [3.05, 3.63) is 22.1 Å². The fourth-order valence-corrected chi connectivity index (χ4v) is 1.36. The molecule has 1 unspecified atom stereocenters. The molecule has 0 bridgehead atoms. The van der Waals surface area contributed by atoms with E-state index in [0.29, 0.717) is 0 Å². The lowest BCUT2D eigenvalue weighted by atomic mass is 10.1. The van der Waals surface area contributed by atoms with Crippen LogP contribution in [0.25, 0.3) is 0 Å². The first-order valence-electron chi connectivity index (χ1n) is 5.49. The van der Waals surface area contributed by atoms with E-state index in [1.165, 1.54) is 0 Å². The number of alkyl halides is 3. The third-order valence-corrected chi connectivity index (χ3v) is 2.29. The molecule has 1 atom stereocenters. The number of aliphatic carboxylic acids is 2. The van der Waals surface area contributed by atoms with Crippen LogP contribution in [0, 0.1) is 0 Å². The topological polar surface area (TPSA) is 132 Å². The number of aromatic nitrogens is 2. The lowest BCUT2D eigenvalue weighted by Crippen LogP contribution is -2.32. The Hall–Kier alpha value is -2.59. The fourth-order valence-electron chi connectivity index (χ4n) is 1.36. The molecule has 0 radical (unpaired) electrons. The van der Waals surface area contributed by atoms with E-state index < -0.39 is 54.2 Å². The van der Waals surface area contributed by atoms with Gasteiger partial charge in [0.25, 0.3) is 5.56 Å². The molecule has 0 saturated heterocycles. The van der Waals surface area contributed by atoms with E-state index >= 15 is 0 Å². The number of anilines is 1. The smallest absolute Gasteiger partial charge is 0.433 e. The maximum absolute atomic E-state index is 12.5. The second kappa shape index (κ2) is 6.24. The van der Waals surface area contributed by atoms with Crippen LogP contribution < -0.4 is 10.9 Å². The molecule has 0 fully saturated rings. The summed E-state index contributed by atoms with van der Waals surface area (Å²) in [7, 11) is 0. The molecule has 1 aromatic rings. The van der Waals surface area contributed by atoms with E-state index in [2.05, 4.69) is 10.3 Å².